The molecule has 1 amide bonds. The topological polar surface area (TPSA) is 32.8 Å². The van der Waals surface area contributed by atoms with Gasteiger partial charge in [0.05, 0.1) is 12.5 Å². The summed E-state index contributed by atoms with van der Waals surface area (Å²) < 4.78 is 5.45. The molecule has 2 unspecified atom stereocenters. The van der Waals surface area contributed by atoms with Crippen LogP contribution in [0, 0.1) is 5.92 Å². The molecule has 2 aliphatic rings. The Hall–Kier alpha value is -0.610. The predicted molar refractivity (Wildman–Crippen MR) is 71.4 cm³/mol. The molecule has 104 valence electrons. The van der Waals surface area contributed by atoms with Gasteiger partial charge >= 0.3 is 0 Å². The Morgan fingerprint density at radius 1 is 1.33 bits per heavy atom. The minimum Gasteiger partial charge on any atom is -0.381 e. The summed E-state index contributed by atoms with van der Waals surface area (Å²) in [6, 6.07) is 0.396. The van der Waals surface area contributed by atoms with Gasteiger partial charge in [-0.15, -0.1) is 0 Å². The second-order valence-electron chi connectivity index (χ2n) is 5.40. The maximum Gasteiger partial charge on any atom is 0.228 e. The van der Waals surface area contributed by atoms with Crippen molar-refractivity contribution in [1.29, 1.82) is 0 Å². The highest BCUT2D eigenvalue weighted by Crippen LogP contribution is 2.21. The van der Waals surface area contributed by atoms with Crippen molar-refractivity contribution >= 4 is 5.91 Å². The highest BCUT2D eigenvalue weighted by molar-refractivity contribution is 5.79. The molecule has 2 aliphatic heterocycles. The Bertz CT molecular complexity index is 277. The quantitative estimate of drug-likeness (QED) is 0.762. The molecule has 2 heterocycles. The van der Waals surface area contributed by atoms with Crippen molar-refractivity contribution in [3.05, 3.63) is 0 Å². The van der Waals surface area contributed by atoms with Crippen molar-refractivity contribution < 1.29 is 9.53 Å². The predicted octanol–water partition coefficient (Wildman–Crippen LogP) is 1.36. The number of nitrogens with zero attached hydrogens (tertiary/aromatic N) is 2. The van der Waals surface area contributed by atoms with Gasteiger partial charge < -0.3 is 9.64 Å². The Labute approximate surface area is 110 Å². The summed E-state index contributed by atoms with van der Waals surface area (Å²) in [5.74, 6) is 0.443. The fraction of sp³-hybridized carbons (Fsp3) is 0.929. The molecule has 0 radical (unpaired) electrons. The van der Waals surface area contributed by atoms with Crippen LogP contribution >= 0.6 is 0 Å². The van der Waals surface area contributed by atoms with E-state index in [1.165, 1.54) is 0 Å². The molecule has 0 aromatic rings. The first-order chi connectivity index (χ1) is 8.76. The molecule has 0 N–H and O–H groups in total. The molecule has 4 nitrogen and oxygen atoms in total. The Kier molecular flexibility index (Phi) is 5.01. The lowest BCUT2D eigenvalue weighted by molar-refractivity contribution is -0.144. The van der Waals surface area contributed by atoms with Gasteiger partial charge in [0.2, 0.25) is 5.91 Å². The molecule has 0 aliphatic carbocycles. The molecule has 0 bridgehead atoms. The van der Waals surface area contributed by atoms with Crippen LogP contribution in [0.5, 0.6) is 0 Å². The van der Waals surface area contributed by atoms with Crippen molar-refractivity contribution in [2.75, 3.05) is 39.4 Å². The van der Waals surface area contributed by atoms with Gasteiger partial charge in [0.15, 0.2) is 0 Å². The summed E-state index contributed by atoms with van der Waals surface area (Å²) in [6.07, 6.45) is 3.08. The molecule has 2 saturated heterocycles. The highest BCUT2D eigenvalue weighted by Gasteiger charge is 2.33. The van der Waals surface area contributed by atoms with E-state index in [4.69, 9.17) is 4.74 Å². The second-order valence-corrected chi connectivity index (χ2v) is 5.40. The van der Waals surface area contributed by atoms with E-state index in [1.807, 2.05) is 0 Å². The van der Waals surface area contributed by atoms with Crippen LogP contribution in [0.25, 0.3) is 0 Å². The van der Waals surface area contributed by atoms with E-state index in [0.717, 1.165) is 52.0 Å². The number of piperazine rings is 1. The SMILES string of the molecule is CCC1CN(CC)CCN1C(=O)C1CCCOC1. The Morgan fingerprint density at radius 3 is 2.78 bits per heavy atom. The first-order valence-corrected chi connectivity index (χ1v) is 7.36. The van der Waals surface area contributed by atoms with E-state index in [-0.39, 0.29) is 5.92 Å². The molecule has 0 aromatic heterocycles. The van der Waals surface area contributed by atoms with E-state index in [0.29, 0.717) is 18.6 Å². The van der Waals surface area contributed by atoms with Gasteiger partial charge in [-0.25, -0.2) is 0 Å². The Balaban J connectivity index is 1.95. The van der Waals surface area contributed by atoms with E-state index >= 15 is 0 Å². The molecule has 2 atom stereocenters. The molecular weight excluding hydrogens is 228 g/mol. The van der Waals surface area contributed by atoms with Crippen LogP contribution in [0.15, 0.2) is 0 Å². The maximum atomic E-state index is 12.5. The summed E-state index contributed by atoms with van der Waals surface area (Å²) >= 11 is 0. The third kappa shape index (κ3) is 3.04. The minimum atomic E-state index is 0.112. The fourth-order valence-corrected chi connectivity index (χ4v) is 3.02. The van der Waals surface area contributed by atoms with Gasteiger partial charge in [-0.1, -0.05) is 13.8 Å². The van der Waals surface area contributed by atoms with Gasteiger partial charge in [0, 0.05) is 32.3 Å². The van der Waals surface area contributed by atoms with E-state index in [2.05, 4.69) is 23.6 Å². The van der Waals surface area contributed by atoms with Gasteiger partial charge in [-0.3, -0.25) is 9.69 Å². The maximum absolute atomic E-state index is 12.5. The lowest BCUT2D eigenvalue weighted by Crippen LogP contribution is -2.56. The van der Waals surface area contributed by atoms with Crippen molar-refractivity contribution in [2.24, 2.45) is 5.92 Å². The third-order valence-corrected chi connectivity index (χ3v) is 4.28. The molecule has 2 rings (SSSR count). The molecule has 18 heavy (non-hydrogen) atoms. The van der Waals surface area contributed by atoms with Crippen LogP contribution in [0.3, 0.4) is 0 Å². The van der Waals surface area contributed by atoms with E-state index in [1.54, 1.807) is 0 Å². The van der Waals surface area contributed by atoms with E-state index < -0.39 is 0 Å². The average molecular weight is 254 g/mol. The third-order valence-electron chi connectivity index (χ3n) is 4.28. The largest absolute Gasteiger partial charge is 0.381 e. The number of carbonyl (C=O) groups excluding carboxylic acids is 1. The number of carbonyl (C=O) groups is 1. The first kappa shape index (κ1) is 13.8. The van der Waals surface area contributed by atoms with E-state index in [9.17, 15) is 4.79 Å². The summed E-state index contributed by atoms with van der Waals surface area (Å²) in [5, 5.41) is 0. The van der Waals surface area contributed by atoms with Crippen LogP contribution in [0.1, 0.15) is 33.1 Å². The number of hydrogen-bond donors (Lipinski definition) is 0. The lowest BCUT2D eigenvalue weighted by Gasteiger charge is -2.42. The summed E-state index contributed by atoms with van der Waals surface area (Å²) in [4.78, 5) is 17.1. The zero-order valence-corrected chi connectivity index (χ0v) is 11.7. The van der Waals surface area contributed by atoms with Crippen molar-refractivity contribution in [1.82, 2.24) is 9.80 Å². The van der Waals surface area contributed by atoms with Crippen LogP contribution in [-0.2, 0) is 9.53 Å². The Morgan fingerprint density at radius 2 is 2.17 bits per heavy atom. The average Bonchev–Trinajstić information content (AvgIpc) is 2.46. The van der Waals surface area contributed by atoms with Gasteiger partial charge in [0.1, 0.15) is 0 Å². The standard InChI is InChI=1S/C14H26N2O2/c1-3-13-10-15(4-2)7-8-16(13)14(17)12-6-5-9-18-11-12/h12-13H,3-11H2,1-2H3. The number of ether oxygens (including phenoxy) is 1. The molecule has 4 heteroatoms. The summed E-state index contributed by atoms with van der Waals surface area (Å²) in [5.41, 5.74) is 0. The van der Waals surface area contributed by atoms with Crippen LogP contribution < -0.4 is 0 Å². The van der Waals surface area contributed by atoms with Crippen molar-refractivity contribution in [3.63, 3.8) is 0 Å². The number of rotatable bonds is 3. The minimum absolute atomic E-state index is 0.112. The molecule has 0 spiro atoms. The summed E-state index contributed by atoms with van der Waals surface area (Å²) in [7, 11) is 0. The molecule has 2 fully saturated rings. The van der Waals surface area contributed by atoms with Gasteiger partial charge in [-0.2, -0.15) is 0 Å². The second kappa shape index (κ2) is 6.53. The smallest absolute Gasteiger partial charge is 0.228 e. The van der Waals surface area contributed by atoms with Crippen LogP contribution in [0.4, 0.5) is 0 Å². The number of likely N-dealkylation sites (N-methyl/N-ethyl adjacent to an activating group) is 1. The lowest BCUT2D eigenvalue weighted by atomic mass is 9.98. The molecular formula is C14H26N2O2. The summed E-state index contributed by atoms with van der Waals surface area (Å²) in [6.45, 7) is 9.86. The molecule has 0 saturated carbocycles. The zero-order valence-electron chi connectivity index (χ0n) is 11.7. The first-order valence-electron chi connectivity index (χ1n) is 7.36. The van der Waals surface area contributed by atoms with Crippen LogP contribution in [-0.4, -0.2) is 61.1 Å². The van der Waals surface area contributed by atoms with Crippen molar-refractivity contribution in [3.8, 4) is 0 Å². The fourth-order valence-electron chi connectivity index (χ4n) is 3.02. The van der Waals surface area contributed by atoms with Gasteiger partial charge in [-0.05, 0) is 25.8 Å². The number of amides is 1. The normalized spacial score (nSPS) is 30.4. The highest BCUT2D eigenvalue weighted by atomic mass is 16.5. The van der Waals surface area contributed by atoms with Crippen LogP contribution in [0.2, 0.25) is 0 Å². The monoisotopic (exact) mass is 254 g/mol. The van der Waals surface area contributed by atoms with Crippen molar-refractivity contribution in [2.45, 2.75) is 39.2 Å². The zero-order chi connectivity index (χ0) is 13.0. The molecule has 0 aromatic carbocycles. The van der Waals surface area contributed by atoms with Gasteiger partial charge in [0.25, 0.3) is 0 Å². The number of hydrogen-bond acceptors (Lipinski definition) is 3.